The van der Waals surface area contributed by atoms with Crippen molar-refractivity contribution in [2.24, 2.45) is 0 Å². The number of fused-ring (bicyclic) bond motifs is 3. The molecule has 2 aliphatic heterocycles. The average molecular weight is 332 g/mol. The van der Waals surface area contributed by atoms with Gasteiger partial charge in [-0.3, -0.25) is 0 Å². The van der Waals surface area contributed by atoms with Crippen LogP contribution in [-0.2, 0) is 12.6 Å². The zero-order valence-corrected chi connectivity index (χ0v) is 13.2. The molecule has 2 aromatic rings. The van der Waals surface area contributed by atoms with E-state index in [1.165, 1.54) is 11.8 Å². The molecule has 2 aliphatic rings. The minimum Gasteiger partial charge on any atom is -0.367 e. The lowest BCUT2D eigenvalue weighted by atomic mass is 9.96. The summed E-state index contributed by atoms with van der Waals surface area (Å²) in [5.41, 5.74) is 2.68. The Bertz CT molecular complexity index is 755. The summed E-state index contributed by atoms with van der Waals surface area (Å²) in [5, 5.41) is 3.40. The predicted molar refractivity (Wildman–Crippen MR) is 89.2 cm³/mol. The smallest absolute Gasteiger partial charge is 0.367 e. The Kier molecular flexibility index (Phi) is 3.76. The molecule has 0 bridgehead atoms. The second-order valence-electron chi connectivity index (χ2n) is 6.48. The van der Waals surface area contributed by atoms with Crippen LogP contribution in [0.15, 0.2) is 42.5 Å². The monoisotopic (exact) mass is 332 g/mol. The van der Waals surface area contributed by atoms with Crippen molar-refractivity contribution in [1.29, 1.82) is 0 Å². The summed E-state index contributed by atoms with van der Waals surface area (Å²) in [5.74, 6) is 0. The van der Waals surface area contributed by atoms with Crippen molar-refractivity contribution in [1.82, 2.24) is 5.32 Å². The second kappa shape index (κ2) is 5.81. The number of hydrogen-bond acceptors (Lipinski definition) is 2. The highest BCUT2D eigenvalue weighted by molar-refractivity contribution is 5.73. The molecule has 0 aliphatic carbocycles. The lowest BCUT2D eigenvalue weighted by molar-refractivity contribution is -0.137. The van der Waals surface area contributed by atoms with Crippen molar-refractivity contribution in [2.75, 3.05) is 24.5 Å². The van der Waals surface area contributed by atoms with Gasteiger partial charge in [-0.15, -0.1) is 0 Å². The molecule has 4 rings (SSSR count). The number of hydrogen-bond donors (Lipinski definition) is 1. The topological polar surface area (TPSA) is 15.3 Å². The quantitative estimate of drug-likeness (QED) is 0.846. The van der Waals surface area contributed by atoms with Crippen LogP contribution < -0.4 is 10.2 Å². The summed E-state index contributed by atoms with van der Waals surface area (Å²) in [6.07, 6.45) is -2.35. The Morgan fingerprint density at radius 1 is 1.04 bits per heavy atom. The van der Waals surface area contributed by atoms with E-state index in [1.54, 1.807) is 12.1 Å². The first kappa shape index (κ1) is 15.5. The van der Waals surface area contributed by atoms with Gasteiger partial charge in [0.15, 0.2) is 0 Å². The number of alkyl halides is 3. The molecular formula is C19H19F3N2. The van der Waals surface area contributed by atoms with E-state index in [2.05, 4.69) is 10.2 Å². The second-order valence-corrected chi connectivity index (χ2v) is 6.48. The van der Waals surface area contributed by atoms with E-state index in [0.29, 0.717) is 11.6 Å². The number of halogens is 3. The van der Waals surface area contributed by atoms with E-state index >= 15 is 0 Å². The van der Waals surface area contributed by atoms with E-state index < -0.39 is 11.7 Å². The highest BCUT2D eigenvalue weighted by Gasteiger charge is 2.34. The van der Waals surface area contributed by atoms with Crippen LogP contribution >= 0.6 is 0 Å². The first-order chi connectivity index (χ1) is 11.5. The van der Waals surface area contributed by atoms with E-state index in [0.717, 1.165) is 44.1 Å². The van der Waals surface area contributed by atoms with Gasteiger partial charge in [0.2, 0.25) is 0 Å². The molecule has 0 aromatic heterocycles. The van der Waals surface area contributed by atoms with Gasteiger partial charge in [0.25, 0.3) is 0 Å². The van der Waals surface area contributed by atoms with E-state index in [-0.39, 0.29) is 5.56 Å². The molecule has 1 unspecified atom stereocenters. The lowest BCUT2D eigenvalue weighted by Crippen LogP contribution is -2.32. The fourth-order valence-electron chi connectivity index (χ4n) is 3.89. The van der Waals surface area contributed by atoms with Gasteiger partial charge in [-0.1, -0.05) is 24.3 Å². The predicted octanol–water partition coefficient (Wildman–Crippen LogP) is 4.10. The first-order valence-corrected chi connectivity index (χ1v) is 8.31. The molecule has 24 heavy (non-hydrogen) atoms. The van der Waals surface area contributed by atoms with Crippen LogP contribution in [0.2, 0.25) is 0 Å². The molecule has 0 radical (unpaired) electrons. The third-order valence-electron chi connectivity index (χ3n) is 5.01. The first-order valence-electron chi connectivity index (χ1n) is 8.31. The summed E-state index contributed by atoms with van der Waals surface area (Å²) >= 11 is 0. The van der Waals surface area contributed by atoms with E-state index in [1.807, 2.05) is 18.2 Å². The van der Waals surface area contributed by atoms with Gasteiger partial charge in [0, 0.05) is 24.8 Å². The zero-order valence-electron chi connectivity index (χ0n) is 13.2. The summed E-state index contributed by atoms with van der Waals surface area (Å²) in [6.45, 7) is 2.91. The van der Waals surface area contributed by atoms with Crippen molar-refractivity contribution in [3.63, 3.8) is 0 Å². The Morgan fingerprint density at radius 3 is 2.71 bits per heavy atom. The summed E-state index contributed by atoms with van der Waals surface area (Å²) in [7, 11) is 0. The molecule has 1 saturated heterocycles. The van der Waals surface area contributed by atoms with Gasteiger partial charge in [-0.05, 0) is 54.3 Å². The number of nitrogens with one attached hydrogen (secondary N) is 1. The molecule has 0 spiro atoms. The minimum absolute atomic E-state index is 0.261. The van der Waals surface area contributed by atoms with Crippen molar-refractivity contribution in [3.05, 3.63) is 53.6 Å². The number of benzene rings is 2. The van der Waals surface area contributed by atoms with Crippen LogP contribution in [0.1, 0.15) is 17.5 Å². The Morgan fingerprint density at radius 2 is 1.88 bits per heavy atom. The van der Waals surface area contributed by atoms with Crippen LogP contribution in [0.4, 0.5) is 18.9 Å². The van der Waals surface area contributed by atoms with Crippen molar-refractivity contribution in [3.8, 4) is 11.1 Å². The normalized spacial score (nSPS) is 20.5. The fraction of sp³-hybridized carbons (Fsp3) is 0.368. The molecule has 1 N–H and O–H groups in total. The van der Waals surface area contributed by atoms with Crippen LogP contribution in [-0.4, -0.2) is 25.7 Å². The molecule has 1 fully saturated rings. The standard InChI is InChI=1S/C19H19F3N2/c20-19(21,22)17-4-2-1-3-16(17)13-5-6-18-14(11-13)12-15-7-8-23-9-10-24(15)18/h1-6,11,15,23H,7-10,12H2. The maximum absolute atomic E-state index is 13.3. The minimum atomic E-state index is -4.34. The fourth-order valence-corrected chi connectivity index (χ4v) is 3.89. The van der Waals surface area contributed by atoms with Crippen molar-refractivity contribution < 1.29 is 13.2 Å². The molecule has 126 valence electrons. The van der Waals surface area contributed by atoms with E-state index in [9.17, 15) is 13.2 Å². The SMILES string of the molecule is FC(F)(F)c1ccccc1-c1ccc2c(c1)CC1CCNCCN21. The zero-order chi connectivity index (χ0) is 16.7. The Hall–Kier alpha value is -2.01. The van der Waals surface area contributed by atoms with Crippen LogP contribution in [0, 0.1) is 0 Å². The van der Waals surface area contributed by atoms with Gasteiger partial charge in [0.1, 0.15) is 0 Å². The summed E-state index contributed by atoms with van der Waals surface area (Å²) in [6, 6.07) is 12.0. The largest absolute Gasteiger partial charge is 0.417 e. The molecule has 2 nitrogen and oxygen atoms in total. The van der Waals surface area contributed by atoms with E-state index in [4.69, 9.17) is 0 Å². The number of nitrogens with zero attached hydrogens (tertiary/aromatic N) is 1. The molecule has 5 heteroatoms. The third kappa shape index (κ3) is 2.67. The lowest BCUT2D eigenvalue weighted by Gasteiger charge is -2.24. The molecule has 1 atom stereocenters. The Labute approximate surface area is 139 Å². The van der Waals surface area contributed by atoms with Crippen molar-refractivity contribution >= 4 is 5.69 Å². The molecule has 0 saturated carbocycles. The third-order valence-corrected chi connectivity index (χ3v) is 5.01. The van der Waals surface area contributed by atoms with Gasteiger partial charge in [-0.2, -0.15) is 13.2 Å². The van der Waals surface area contributed by atoms with Crippen molar-refractivity contribution in [2.45, 2.75) is 25.1 Å². The Balaban J connectivity index is 1.74. The van der Waals surface area contributed by atoms with Gasteiger partial charge in [-0.25, -0.2) is 0 Å². The van der Waals surface area contributed by atoms with Gasteiger partial charge < -0.3 is 10.2 Å². The highest BCUT2D eigenvalue weighted by atomic mass is 19.4. The summed E-state index contributed by atoms with van der Waals surface area (Å²) < 4.78 is 39.8. The molecule has 0 amide bonds. The maximum Gasteiger partial charge on any atom is 0.417 e. The van der Waals surface area contributed by atoms with Crippen LogP contribution in [0.3, 0.4) is 0 Å². The van der Waals surface area contributed by atoms with Crippen LogP contribution in [0.25, 0.3) is 11.1 Å². The molecular weight excluding hydrogens is 313 g/mol. The summed E-state index contributed by atoms with van der Waals surface area (Å²) in [4.78, 5) is 2.40. The molecule has 2 aromatic carbocycles. The molecule has 2 heterocycles. The maximum atomic E-state index is 13.3. The van der Waals surface area contributed by atoms with Gasteiger partial charge in [0.05, 0.1) is 5.56 Å². The number of rotatable bonds is 1. The average Bonchev–Trinajstić information content (AvgIpc) is 2.74. The number of anilines is 1. The van der Waals surface area contributed by atoms with Gasteiger partial charge >= 0.3 is 6.18 Å². The van der Waals surface area contributed by atoms with Crippen LogP contribution in [0.5, 0.6) is 0 Å². The highest BCUT2D eigenvalue weighted by Crippen LogP contribution is 2.40.